The number of fused-ring (bicyclic) bond motifs is 12. The summed E-state index contributed by atoms with van der Waals surface area (Å²) in [4.78, 5) is 258. The Morgan fingerprint density at radius 1 is 0.337 bits per heavy atom. The molecule has 0 aromatic carbocycles. The van der Waals surface area contributed by atoms with Crippen LogP contribution >= 0.6 is 0 Å². The molecule has 18 heterocycles. The van der Waals surface area contributed by atoms with Crippen molar-refractivity contribution in [1.29, 1.82) is 0 Å². The van der Waals surface area contributed by atoms with Gasteiger partial charge < -0.3 is 35.1 Å². The van der Waals surface area contributed by atoms with Crippen molar-refractivity contribution in [2.75, 3.05) is 120 Å². The van der Waals surface area contributed by atoms with Gasteiger partial charge in [0.15, 0.2) is 24.2 Å². The number of rotatable bonds is 3. The van der Waals surface area contributed by atoms with E-state index in [2.05, 4.69) is 37.2 Å². The van der Waals surface area contributed by atoms with Crippen molar-refractivity contribution in [2.24, 2.45) is 0 Å². The van der Waals surface area contributed by atoms with Gasteiger partial charge in [0.25, 0.3) is 0 Å². The Balaban J connectivity index is 0.771. The van der Waals surface area contributed by atoms with Gasteiger partial charge >= 0.3 is 72.4 Å². The molecule has 0 aromatic heterocycles. The number of carbonyl (C=O) groups is 15. The smallest absolute Gasteiger partial charge is 0.321 e. The van der Waals surface area contributed by atoms with Crippen molar-refractivity contribution < 1.29 is 71.9 Å². The second-order valence-corrected chi connectivity index (χ2v) is 27.5. The van der Waals surface area contributed by atoms with Gasteiger partial charge in [0.1, 0.15) is 109 Å². The van der Waals surface area contributed by atoms with Gasteiger partial charge in [-0.3, -0.25) is 139 Å². The molecule has 47 heteroatoms. The summed E-state index contributed by atoms with van der Waals surface area (Å²) in [6, 6.07) is -11.0. The van der Waals surface area contributed by atoms with Gasteiger partial charge in [0, 0.05) is 7.05 Å². The van der Waals surface area contributed by atoms with E-state index >= 15 is 57.5 Å². The molecule has 18 saturated heterocycles. The van der Waals surface area contributed by atoms with Gasteiger partial charge in [-0.25, -0.2) is 57.5 Å². The van der Waals surface area contributed by atoms with Crippen molar-refractivity contribution >= 4 is 91.6 Å². The van der Waals surface area contributed by atoms with Crippen LogP contribution in [0.5, 0.6) is 0 Å². The molecule has 0 saturated carbocycles. The third-order valence-electron chi connectivity index (χ3n) is 23.1. The Morgan fingerprint density at radius 2 is 0.765 bits per heavy atom. The quantitative estimate of drug-likeness (QED) is 0.129. The minimum absolute atomic E-state index is 0.225. The zero-order valence-corrected chi connectivity index (χ0v) is 53.1. The Bertz CT molecular complexity index is 3660. The summed E-state index contributed by atoms with van der Waals surface area (Å²) in [7, 11) is 1.43. The van der Waals surface area contributed by atoms with Crippen LogP contribution in [0, 0.1) is 0 Å². The molecule has 524 valence electrons. The maximum Gasteiger partial charge on any atom is 0.326 e. The molecular weight excluding hydrogens is 1300 g/mol. The topological polar surface area (TPSA) is 421 Å². The Labute approximate surface area is 554 Å². The molecule has 27 amide bonds. The summed E-state index contributed by atoms with van der Waals surface area (Å²) < 4.78 is 0. The second kappa shape index (κ2) is 20.5. The van der Waals surface area contributed by atoms with E-state index in [1.54, 1.807) is 20.8 Å². The number of nitrogens with zero attached hydrogens (tertiary/aromatic N) is 25. The third-order valence-corrected chi connectivity index (χ3v) is 23.1. The van der Waals surface area contributed by atoms with Crippen LogP contribution in [-0.4, -0.2) is 426 Å². The number of carbonyl (C=O) groups excluding carboxylic acids is 15. The minimum atomic E-state index is -1.75. The zero-order chi connectivity index (χ0) is 68.0. The molecule has 18 aliphatic heterocycles. The SMILES string of the molecule is CC1C2NCN3CC4N5CN6C(=O)N7CN8C(=O)N9CN%10C(=O)N%11CNC(=O)N%12CN%13C(=O)N%14CN(C=O)C%15C(NCN(C)C(=O)N2CNC5=O)N(CN1C=O)C(=O)N%15CNC%14C%13NCN1C(=O)N(CN2C(=O)N(CN5C(=O)N(CNC7C6N(C=O)CN4C3=O)C8C95)C%10(C)C%112)C(C)C%121. The average Bonchev–Trinajstić information content (AvgIpc) is 1.51. The van der Waals surface area contributed by atoms with E-state index in [-0.39, 0.29) is 33.2 Å². The van der Waals surface area contributed by atoms with E-state index in [0.29, 0.717) is 19.2 Å². The van der Waals surface area contributed by atoms with Crippen molar-refractivity contribution in [2.45, 2.75) is 113 Å². The van der Waals surface area contributed by atoms with Crippen LogP contribution in [0.15, 0.2) is 0 Å². The van der Waals surface area contributed by atoms with E-state index in [1.165, 1.54) is 130 Å². The van der Waals surface area contributed by atoms with Crippen LogP contribution in [0.4, 0.5) is 57.5 Å². The number of hydrogen-bond acceptors (Lipinski definition) is 20. The summed E-state index contributed by atoms with van der Waals surface area (Å²) >= 11 is 0. The fourth-order valence-electron chi connectivity index (χ4n) is 18.2. The molecule has 7 N–H and O–H groups in total. The Morgan fingerprint density at radius 3 is 1.44 bits per heavy atom. The van der Waals surface area contributed by atoms with Crippen molar-refractivity contribution in [3.8, 4) is 0 Å². The molecule has 0 aliphatic carbocycles. The predicted molar refractivity (Wildman–Crippen MR) is 312 cm³/mol. The van der Waals surface area contributed by atoms with E-state index in [9.17, 15) is 14.4 Å². The first-order chi connectivity index (χ1) is 47.1. The first-order valence-electron chi connectivity index (χ1n) is 32.2. The molecule has 98 heavy (non-hydrogen) atoms. The summed E-state index contributed by atoms with van der Waals surface area (Å²) in [5, 5.41) is 22.1. The standard InChI is InChI=1S/C51H70N32O15/c1-25-28-53-7-60-5-27-70-17-77-35(62(23-85)14-71(27)42(60)90)32-56-10-67-36-37-79(45(67)93)20-83-50(98)81-16-69-26(2)33-65(43(69)91)8-54-30-29-55-9-66-34(31(73(44(66)92)13-61(25)22-84)52-6-59(4)41(89)64(28)11-57-39(70)87)63(24-86)15-72(29)46(94)74(30)18-76(33)40(88)58-12-68-38(81)51(83,3)82(49(68)97)21-80(37)48(96)78(36)19-75(32)47(77)95/h22-38,52-56H,5-21H2,1-4H3,(H,57,87)(H,58,88). The number of urea groups is 12. The lowest BCUT2D eigenvalue weighted by Crippen LogP contribution is -2.68. The maximum absolute atomic E-state index is 15.7. The summed E-state index contributed by atoms with van der Waals surface area (Å²) in [5.41, 5.74) is -1.75. The Hall–Kier alpha value is -10.5. The largest absolute Gasteiger partial charge is 0.326 e. The molecule has 0 aromatic rings. The number of amides is 27. The van der Waals surface area contributed by atoms with Crippen LogP contribution in [0.2, 0.25) is 0 Å². The average molecular weight is 1370 g/mol. The van der Waals surface area contributed by atoms with Crippen LogP contribution in [0.25, 0.3) is 0 Å². The summed E-state index contributed by atoms with van der Waals surface area (Å²) in [6.07, 6.45) is -13.4. The van der Waals surface area contributed by atoms with Gasteiger partial charge in [-0.15, -0.1) is 0 Å². The predicted octanol–water partition coefficient (Wildman–Crippen LogP) is -8.83. The van der Waals surface area contributed by atoms with Gasteiger partial charge in [-0.1, -0.05) is 0 Å². The lowest BCUT2D eigenvalue weighted by Gasteiger charge is -2.46. The van der Waals surface area contributed by atoms with Gasteiger partial charge in [0.05, 0.1) is 72.0 Å². The fourth-order valence-corrected chi connectivity index (χ4v) is 18.2. The van der Waals surface area contributed by atoms with E-state index in [1.807, 2.05) is 0 Å². The number of nitrogens with one attached hydrogen (secondary N) is 7. The molecule has 15 unspecified atom stereocenters. The molecule has 0 spiro atoms. The molecular formula is C51H70N32O15. The van der Waals surface area contributed by atoms with Gasteiger partial charge in [-0.2, -0.15) is 0 Å². The van der Waals surface area contributed by atoms with Crippen molar-refractivity contribution in [3.63, 3.8) is 0 Å². The van der Waals surface area contributed by atoms with Crippen LogP contribution in [-0.2, 0) is 14.4 Å². The first-order valence-corrected chi connectivity index (χ1v) is 32.2. The lowest BCUT2D eigenvalue weighted by atomic mass is 10.1. The minimum Gasteiger partial charge on any atom is -0.321 e. The molecule has 18 fully saturated rings. The summed E-state index contributed by atoms with van der Waals surface area (Å²) in [6.45, 7) is -3.09. The maximum atomic E-state index is 15.7. The normalized spacial score (nSPS) is 37.4. The highest BCUT2D eigenvalue weighted by Gasteiger charge is 2.73. The zero-order valence-electron chi connectivity index (χ0n) is 53.1. The molecule has 17 bridgehead atoms. The lowest BCUT2D eigenvalue weighted by molar-refractivity contribution is -0.131. The van der Waals surface area contributed by atoms with E-state index in [4.69, 9.17) is 0 Å². The van der Waals surface area contributed by atoms with Crippen molar-refractivity contribution in [3.05, 3.63) is 0 Å². The third kappa shape index (κ3) is 7.53. The monoisotopic (exact) mass is 1370 g/mol. The molecule has 47 nitrogen and oxygen atoms in total. The van der Waals surface area contributed by atoms with Crippen LogP contribution in [0.3, 0.4) is 0 Å². The molecule has 18 rings (SSSR count). The highest BCUT2D eigenvalue weighted by molar-refractivity contribution is 5.92. The molecule has 18 aliphatic rings. The van der Waals surface area contributed by atoms with Crippen LogP contribution in [0.1, 0.15) is 20.8 Å². The molecule has 15 atom stereocenters. The highest BCUT2D eigenvalue weighted by atomic mass is 16.2. The highest BCUT2D eigenvalue weighted by Crippen LogP contribution is 2.49. The molecule has 0 radical (unpaired) electrons. The Kier molecular flexibility index (Phi) is 12.5. The summed E-state index contributed by atoms with van der Waals surface area (Å²) in [5.74, 6) is 0. The van der Waals surface area contributed by atoms with Crippen LogP contribution < -0.4 is 37.2 Å². The van der Waals surface area contributed by atoms with Gasteiger partial charge in [-0.05, 0) is 20.8 Å². The van der Waals surface area contributed by atoms with E-state index < -0.39 is 244 Å². The second-order valence-electron chi connectivity index (χ2n) is 27.5. The van der Waals surface area contributed by atoms with E-state index in [0.717, 1.165) is 0 Å². The fraction of sp³-hybridized carbons (Fsp3) is 0.706. The number of hydrogen-bond donors (Lipinski definition) is 7. The van der Waals surface area contributed by atoms with Gasteiger partial charge in [0.2, 0.25) is 19.2 Å². The first kappa shape index (κ1) is 59.9. The van der Waals surface area contributed by atoms with Crippen molar-refractivity contribution in [1.82, 2.24) is 160 Å².